The van der Waals surface area contributed by atoms with Gasteiger partial charge in [0, 0.05) is 13.1 Å². The third-order valence-corrected chi connectivity index (χ3v) is 6.21. The molecule has 0 atom stereocenters. The molecule has 0 radical (unpaired) electrons. The lowest BCUT2D eigenvalue weighted by Gasteiger charge is -2.27. The van der Waals surface area contributed by atoms with Gasteiger partial charge in [0.05, 0.1) is 23.9 Å². The minimum atomic E-state index is -3.72. The first-order valence-electron chi connectivity index (χ1n) is 11.3. The Morgan fingerprint density at radius 1 is 0.968 bits per heavy atom. The molecule has 174 valence electrons. The maximum atomic E-state index is 13.0. The van der Waals surface area contributed by atoms with Gasteiger partial charge in [0.1, 0.15) is 0 Å². The number of rotatable bonds is 16. The number of hydrogen-bond donors (Lipinski definition) is 1. The summed E-state index contributed by atoms with van der Waals surface area (Å²) in [5.74, 6) is 0.0457. The van der Waals surface area contributed by atoms with Gasteiger partial charge >= 0.3 is 0 Å². The van der Waals surface area contributed by atoms with Crippen LogP contribution in [0.2, 0.25) is 0 Å². The molecule has 0 aliphatic rings. The van der Waals surface area contributed by atoms with Crippen molar-refractivity contribution >= 4 is 15.9 Å². The second-order valence-electron chi connectivity index (χ2n) is 7.92. The largest absolute Gasteiger partial charge is 0.340 e. The van der Waals surface area contributed by atoms with Crippen molar-refractivity contribution in [1.29, 1.82) is 5.26 Å². The van der Waals surface area contributed by atoms with Crippen LogP contribution in [0, 0.1) is 11.3 Å². The summed E-state index contributed by atoms with van der Waals surface area (Å²) in [6.45, 7) is 7.46. The molecular formula is C23H38N4O3S. The van der Waals surface area contributed by atoms with Crippen LogP contribution in [0.1, 0.15) is 64.4 Å². The van der Waals surface area contributed by atoms with Crippen LogP contribution in [-0.2, 0) is 21.2 Å². The number of hydrogen-bond acceptors (Lipinski definition) is 5. The number of carbonyl (C=O) groups is 1. The van der Waals surface area contributed by atoms with Crippen molar-refractivity contribution in [2.75, 3.05) is 32.7 Å². The predicted molar refractivity (Wildman–Crippen MR) is 124 cm³/mol. The maximum Gasteiger partial charge on any atom is 0.238 e. The smallest absolute Gasteiger partial charge is 0.238 e. The van der Waals surface area contributed by atoms with Crippen molar-refractivity contribution in [3.8, 4) is 6.07 Å². The Bertz CT molecular complexity index is 778. The summed E-state index contributed by atoms with van der Waals surface area (Å²) in [6.07, 6.45) is 7.67. The first kappa shape index (κ1) is 27.1. The maximum absolute atomic E-state index is 13.0. The average Bonchev–Trinajstić information content (AvgIpc) is 2.73. The Morgan fingerprint density at radius 3 is 2.03 bits per heavy atom. The van der Waals surface area contributed by atoms with Crippen molar-refractivity contribution in [3.63, 3.8) is 0 Å². The van der Waals surface area contributed by atoms with Gasteiger partial charge in [0.25, 0.3) is 0 Å². The summed E-state index contributed by atoms with van der Waals surface area (Å²) in [7, 11) is -3.72. The SMILES string of the molecule is CCCCCN(CCCCC)CC(=O)N(CCC#N)CCc1ccc(S(N)(=O)=O)cc1. The number of benzene rings is 1. The lowest BCUT2D eigenvalue weighted by atomic mass is 10.1. The summed E-state index contributed by atoms with van der Waals surface area (Å²) >= 11 is 0. The van der Waals surface area contributed by atoms with E-state index in [0.29, 0.717) is 32.5 Å². The van der Waals surface area contributed by atoms with Crippen molar-refractivity contribution in [1.82, 2.24) is 9.80 Å². The molecule has 1 amide bonds. The summed E-state index contributed by atoms with van der Waals surface area (Å²) in [4.78, 5) is 17.1. The highest BCUT2D eigenvalue weighted by molar-refractivity contribution is 7.89. The van der Waals surface area contributed by atoms with E-state index < -0.39 is 10.0 Å². The number of amides is 1. The molecular weight excluding hydrogens is 412 g/mol. The summed E-state index contributed by atoms with van der Waals surface area (Å²) < 4.78 is 22.8. The number of primary sulfonamides is 1. The van der Waals surface area contributed by atoms with Crippen molar-refractivity contribution in [3.05, 3.63) is 29.8 Å². The second kappa shape index (κ2) is 15.0. The third-order valence-electron chi connectivity index (χ3n) is 5.28. The van der Waals surface area contributed by atoms with Gasteiger partial charge in [0.2, 0.25) is 15.9 Å². The molecule has 0 aliphatic carbocycles. The molecule has 7 nitrogen and oxygen atoms in total. The van der Waals surface area contributed by atoms with Crippen molar-refractivity contribution in [2.45, 2.75) is 70.1 Å². The number of sulfonamides is 1. The van der Waals surface area contributed by atoms with Gasteiger partial charge in [-0.15, -0.1) is 0 Å². The zero-order valence-corrected chi connectivity index (χ0v) is 19.9. The predicted octanol–water partition coefficient (Wildman–Crippen LogP) is 3.30. The third kappa shape index (κ3) is 11.3. The molecule has 0 saturated heterocycles. The fourth-order valence-corrected chi connectivity index (χ4v) is 3.90. The van der Waals surface area contributed by atoms with Gasteiger partial charge in [-0.3, -0.25) is 9.69 Å². The van der Waals surface area contributed by atoms with E-state index in [9.17, 15) is 13.2 Å². The fourth-order valence-electron chi connectivity index (χ4n) is 3.39. The highest BCUT2D eigenvalue weighted by Gasteiger charge is 2.17. The summed E-state index contributed by atoms with van der Waals surface area (Å²) in [5, 5.41) is 14.1. The molecule has 0 aromatic heterocycles. The quantitative estimate of drug-likeness (QED) is 0.389. The monoisotopic (exact) mass is 450 g/mol. The molecule has 1 aromatic carbocycles. The van der Waals surface area contributed by atoms with Crippen LogP contribution in [0.3, 0.4) is 0 Å². The normalized spacial score (nSPS) is 11.5. The van der Waals surface area contributed by atoms with E-state index in [2.05, 4.69) is 24.8 Å². The van der Waals surface area contributed by atoms with E-state index >= 15 is 0 Å². The van der Waals surface area contributed by atoms with Gasteiger partial charge in [-0.25, -0.2) is 13.6 Å². The molecule has 0 fully saturated rings. The molecule has 0 heterocycles. The van der Waals surface area contributed by atoms with Crippen LogP contribution >= 0.6 is 0 Å². The van der Waals surface area contributed by atoms with E-state index in [1.807, 2.05) is 0 Å². The Morgan fingerprint density at radius 2 is 1.55 bits per heavy atom. The van der Waals surface area contributed by atoms with Gasteiger partial charge < -0.3 is 4.90 Å². The van der Waals surface area contributed by atoms with Gasteiger partial charge in [-0.2, -0.15) is 5.26 Å². The van der Waals surface area contributed by atoms with E-state index in [-0.39, 0.29) is 10.8 Å². The molecule has 1 rings (SSSR count). The van der Waals surface area contributed by atoms with E-state index in [1.165, 1.54) is 12.1 Å². The number of carbonyl (C=O) groups excluding carboxylic acids is 1. The Kier molecular flexibility index (Phi) is 13.1. The Hall–Kier alpha value is -1.95. The minimum Gasteiger partial charge on any atom is -0.340 e. The molecule has 8 heteroatoms. The number of unbranched alkanes of at least 4 members (excludes halogenated alkanes) is 4. The highest BCUT2D eigenvalue weighted by atomic mass is 32.2. The van der Waals surface area contributed by atoms with Crippen LogP contribution < -0.4 is 5.14 Å². The van der Waals surface area contributed by atoms with E-state index in [1.54, 1.807) is 17.0 Å². The number of nitrogens with two attached hydrogens (primary N) is 1. The van der Waals surface area contributed by atoms with Crippen molar-refractivity contribution < 1.29 is 13.2 Å². The van der Waals surface area contributed by atoms with Crippen molar-refractivity contribution in [2.24, 2.45) is 5.14 Å². The Balaban J connectivity index is 2.73. The molecule has 0 aliphatic heterocycles. The molecule has 0 bridgehead atoms. The first-order valence-corrected chi connectivity index (χ1v) is 12.8. The summed E-state index contributed by atoms with van der Waals surface area (Å²) in [6, 6.07) is 8.52. The lowest BCUT2D eigenvalue weighted by Crippen LogP contribution is -2.42. The van der Waals surface area contributed by atoms with Crippen LogP contribution in [0.15, 0.2) is 29.2 Å². The van der Waals surface area contributed by atoms with Gasteiger partial charge in [-0.1, -0.05) is 51.7 Å². The van der Waals surface area contributed by atoms with Crippen LogP contribution in [0.25, 0.3) is 0 Å². The van der Waals surface area contributed by atoms with Crippen LogP contribution in [0.4, 0.5) is 0 Å². The lowest BCUT2D eigenvalue weighted by molar-refractivity contribution is -0.132. The number of nitrogens with zero attached hydrogens (tertiary/aromatic N) is 3. The molecule has 2 N–H and O–H groups in total. The fraction of sp³-hybridized carbons (Fsp3) is 0.652. The molecule has 31 heavy (non-hydrogen) atoms. The molecule has 0 unspecified atom stereocenters. The molecule has 0 spiro atoms. The zero-order valence-electron chi connectivity index (χ0n) is 19.1. The molecule has 0 saturated carbocycles. The molecule has 1 aromatic rings. The Labute approximate surface area is 188 Å². The minimum absolute atomic E-state index is 0.0457. The van der Waals surface area contributed by atoms with Crippen LogP contribution in [-0.4, -0.2) is 56.8 Å². The topological polar surface area (TPSA) is 108 Å². The number of nitriles is 1. The van der Waals surface area contributed by atoms with E-state index in [4.69, 9.17) is 10.4 Å². The van der Waals surface area contributed by atoms with Gasteiger partial charge in [-0.05, 0) is 50.0 Å². The van der Waals surface area contributed by atoms with E-state index in [0.717, 1.165) is 57.2 Å². The summed E-state index contributed by atoms with van der Waals surface area (Å²) in [5.41, 5.74) is 0.921. The zero-order chi connectivity index (χ0) is 23.1. The highest BCUT2D eigenvalue weighted by Crippen LogP contribution is 2.11. The van der Waals surface area contributed by atoms with Crippen LogP contribution in [0.5, 0.6) is 0 Å². The first-order chi connectivity index (χ1) is 14.8. The second-order valence-corrected chi connectivity index (χ2v) is 9.48. The van der Waals surface area contributed by atoms with Gasteiger partial charge in [0.15, 0.2) is 0 Å². The average molecular weight is 451 g/mol. The standard InChI is InChI=1S/C23H38N4O3S/c1-3-5-7-16-26(17-8-6-4-2)20-23(28)27(18-9-15-24)19-14-21-10-12-22(13-11-21)31(25,29)30/h10-13H,3-9,14,16-20H2,1-2H3,(H2,25,29,30).